The number of carboxylic acids is 1. The van der Waals surface area contributed by atoms with Crippen LogP contribution >= 0.6 is 27.3 Å². The topological polar surface area (TPSA) is 84.3 Å². The van der Waals surface area contributed by atoms with E-state index in [1.165, 1.54) is 29.7 Å². The quantitative estimate of drug-likeness (QED) is 0.904. The Morgan fingerprint density at radius 2 is 2.16 bits per heavy atom. The van der Waals surface area contributed by atoms with Gasteiger partial charge in [-0.15, -0.1) is 11.3 Å². The van der Waals surface area contributed by atoms with Crippen molar-refractivity contribution in [3.63, 3.8) is 0 Å². The van der Waals surface area contributed by atoms with Crippen LogP contribution in [0.2, 0.25) is 0 Å². The molecule has 5 nitrogen and oxygen atoms in total. The summed E-state index contributed by atoms with van der Waals surface area (Å²) in [6.07, 6.45) is 1.48. The Balaban J connectivity index is 2.45. The third-order valence-electron chi connectivity index (χ3n) is 2.33. The maximum atomic E-state index is 12.3. The Labute approximate surface area is 122 Å². The molecule has 0 bridgehead atoms. The van der Waals surface area contributed by atoms with E-state index in [0.717, 1.165) is 6.07 Å². The molecule has 1 heterocycles. The standard InChI is InChI=1S/C11H8BrNO4S2/c12-9-2-1-7(11(14)15)3-10(9)19(16,17)5-8-4-13-6-18-8/h1-4,6H,5H2,(H,14,15). The summed E-state index contributed by atoms with van der Waals surface area (Å²) in [6.45, 7) is 0. The number of benzene rings is 1. The third-order valence-corrected chi connectivity index (χ3v) is 5.94. The molecule has 2 rings (SSSR count). The van der Waals surface area contributed by atoms with Crippen LogP contribution in [0.4, 0.5) is 0 Å². The number of hydrogen-bond acceptors (Lipinski definition) is 5. The van der Waals surface area contributed by atoms with Crippen molar-refractivity contribution in [1.29, 1.82) is 0 Å². The highest BCUT2D eigenvalue weighted by Crippen LogP contribution is 2.27. The van der Waals surface area contributed by atoms with E-state index in [4.69, 9.17) is 5.11 Å². The lowest BCUT2D eigenvalue weighted by molar-refractivity contribution is 0.0696. The van der Waals surface area contributed by atoms with E-state index in [-0.39, 0.29) is 16.2 Å². The summed E-state index contributed by atoms with van der Waals surface area (Å²) >= 11 is 4.37. The van der Waals surface area contributed by atoms with Gasteiger partial charge in [0.25, 0.3) is 0 Å². The highest BCUT2D eigenvalue weighted by Gasteiger charge is 2.21. The van der Waals surface area contributed by atoms with Crippen molar-refractivity contribution < 1.29 is 18.3 Å². The summed E-state index contributed by atoms with van der Waals surface area (Å²) in [6, 6.07) is 3.92. The lowest BCUT2D eigenvalue weighted by Crippen LogP contribution is -2.07. The van der Waals surface area contributed by atoms with Crippen LogP contribution in [0.25, 0.3) is 0 Å². The zero-order valence-corrected chi connectivity index (χ0v) is 12.6. The second kappa shape index (κ2) is 5.40. The molecule has 0 aliphatic rings. The van der Waals surface area contributed by atoms with E-state index >= 15 is 0 Å². The predicted molar refractivity (Wildman–Crippen MR) is 74.1 cm³/mol. The Hall–Kier alpha value is -1.25. The fourth-order valence-electron chi connectivity index (χ4n) is 1.45. The number of aromatic carboxylic acids is 1. The van der Waals surface area contributed by atoms with Crippen LogP contribution in [0.5, 0.6) is 0 Å². The van der Waals surface area contributed by atoms with Gasteiger partial charge in [-0.1, -0.05) is 0 Å². The first-order chi connectivity index (χ1) is 8.90. The van der Waals surface area contributed by atoms with Crippen LogP contribution in [-0.2, 0) is 15.6 Å². The molecule has 100 valence electrons. The van der Waals surface area contributed by atoms with Gasteiger partial charge >= 0.3 is 5.97 Å². The first kappa shape index (κ1) is 14.2. The molecule has 0 atom stereocenters. The van der Waals surface area contributed by atoms with Gasteiger partial charge in [-0.3, -0.25) is 4.98 Å². The maximum absolute atomic E-state index is 12.3. The Morgan fingerprint density at radius 3 is 2.74 bits per heavy atom. The van der Waals surface area contributed by atoms with Crippen LogP contribution in [0.3, 0.4) is 0 Å². The molecule has 0 saturated heterocycles. The second-order valence-corrected chi connectivity index (χ2v) is 7.46. The van der Waals surface area contributed by atoms with E-state index in [0.29, 0.717) is 9.35 Å². The van der Waals surface area contributed by atoms with Gasteiger partial charge < -0.3 is 5.11 Å². The first-order valence-electron chi connectivity index (χ1n) is 5.03. The molecule has 0 unspecified atom stereocenters. The van der Waals surface area contributed by atoms with Crippen LogP contribution in [0, 0.1) is 0 Å². The Morgan fingerprint density at radius 1 is 1.42 bits per heavy atom. The number of carbonyl (C=O) groups is 1. The smallest absolute Gasteiger partial charge is 0.335 e. The minimum Gasteiger partial charge on any atom is -0.478 e. The van der Waals surface area contributed by atoms with Gasteiger partial charge in [0.1, 0.15) is 0 Å². The molecule has 0 fully saturated rings. The minimum absolute atomic E-state index is 0.0270. The zero-order valence-electron chi connectivity index (χ0n) is 9.41. The summed E-state index contributed by atoms with van der Waals surface area (Å²) in [5.41, 5.74) is 1.49. The summed E-state index contributed by atoms with van der Waals surface area (Å²) in [4.78, 5) is 15.3. The zero-order chi connectivity index (χ0) is 14.0. The molecule has 1 aromatic carbocycles. The van der Waals surface area contributed by atoms with E-state index in [1.807, 2.05) is 0 Å². The molecular formula is C11H8BrNO4S2. The van der Waals surface area contributed by atoms with Crippen molar-refractivity contribution in [1.82, 2.24) is 4.98 Å². The minimum atomic E-state index is -3.61. The highest BCUT2D eigenvalue weighted by atomic mass is 79.9. The molecule has 0 amide bonds. The van der Waals surface area contributed by atoms with Gasteiger partial charge in [-0.2, -0.15) is 0 Å². The fourth-order valence-corrected chi connectivity index (χ4v) is 4.83. The van der Waals surface area contributed by atoms with Crippen molar-refractivity contribution in [2.45, 2.75) is 10.6 Å². The molecule has 2 aromatic rings. The Kier molecular flexibility index (Phi) is 4.02. The lowest BCUT2D eigenvalue weighted by atomic mass is 10.2. The van der Waals surface area contributed by atoms with Crippen LogP contribution in [-0.4, -0.2) is 24.5 Å². The van der Waals surface area contributed by atoms with E-state index < -0.39 is 15.8 Å². The average Bonchev–Trinajstić information content (AvgIpc) is 2.81. The van der Waals surface area contributed by atoms with Crippen molar-refractivity contribution in [3.8, 4) is 0 Å². The Bertz CT molecular complexity index is 710. The van der Waals surface area contributed by atoms with Gasteiger partial charge in [0.2, 0.25) is 0 Å². The van der Waals surface area contributed by atoms with Crippen molar-refractivity contribution >= 4 is 43.1 Å². The van der Waals surface area contributed by atoms with E-state index in [1.54, 1.807) is 5.51 Å². The summed E-state index contributed by atoms with van der Waals surface area (Å²) < 4.78 is 24.9. The number of thiazole rings is 1. The van der Waals surface area contributed by atoms with Gasteiger partial charge in [-0.05, 0) is 34.1 Å². The number of rotatable bonds is 4. The summed E-state index contributed by atoms with van der Waals surface area (Å²) in [7, 11) is -3.61. The summed E-state index contributed by atoms with van der Waals surface area (Å²) in [5, 5.41) is 8.90. The molecule has 1 aromatic heterocycles. The molecule has 0 saturated carbocycles. The molecule has 19 heavy (non-hydrogen) atoms. The normalized spacial score (nSPS) is 11.4. The number of carboxylic acid groups (broad SMARTS) is 1. The number of sulfone groups is 1. The second-order valence-electron chi connectivity index (χ2n) is 3.68. The number of aromatic nitrogens is 1. The van der Waals surface area contributed by atoms with Gasteiger partial charge in [0, 0.05) is 15.5 Å². The van der Waals surface area contributed by atoms with E-state index in [9.17, 15) is 13.2 Å². The largest absolute Gasteiger partial charge is 0.478 e. The molecule has 0 radical (unpaired) electrons. The SMILES string of the molecule is O=C(O)c1ccc(Br)c(S(=O)(=O)Cc2cncs2)c1. The number of hydrogen-bond donors (Lipinski definition) is 1. The molecular weight excluding hydrogens is 354 g/mol. The van der Waals surface area contributed by atoms with Gasteiger partial charge in [0.15, 0.2) is 9.84 Å². The third kappa shape index (κ3) is 3.20. The van der Waals surface area contributed by atoms with Gasteiger partial charge in [0.05, 0.1) is 21.7 Å². The highest BCUT2D eigenvalue weighted by molar-refractivity contribution is 9.10. The van der Waals surface area contributed by atoms with Crippen LogP contribution < -0.4 is 0 Å². The molecule has 1 N–H and O–H groups in total. The first-order valence-corrected chi connectivity index (χ1v) is 8.35. The molecule has 8 heteroatoms. The predicted octanol–water partition coefficient (Wildman–Crippen LogP) is 2.58. The maximum Gasteiger partial charge on any atom is 0.335 e. The number of halogens is 1. The lowest BCUT2D eigenvalue weighted by Gasteiger charge is -2.06. The van der Waals surface area contributed by atoms with Crippen molar-refractivity contribution in [3.05, 3.63) is 44.8 Å². The van der Waals surface area contributed by atoms with Crippen molar-refractivity contribution in [2.24, 2.45) is 0 Å². The van der Waals surface area contributed by atoms with Crippen molar-refractivity contribution in [2.75, 3.05) is 0 Å². The van der Waals surface area contributed by atoms with Crippen LogP contribution in [0.1, 0.15) is 15.2 Å². The fraction of sp³-hybridized carbons (Fsp3) is 0.0909. The van der Waals surface area contributed by atoms with E-state index in [2.05, 4.69) is 20.9 Å². The molecule has 0 spiro atoms. The summed E-state index contributed by atoms with van der Waals surface area (Å²) in [5.74, 6) is -1.36. The van der Waals surface area contributed by atoms with Gasteiger partial charge in [-0.25, -0.2) is 13.2 Å². The molecule has 0 aliphatic heterocycles. The number of nitrogens with zero attached hydrogens (tertiary/aromatic N) is 1. The van der Waals surface area contributed by atoms with Crippen LogP contribution in [0.15, 0.2) is 39.3 Å². The average molecular weight is 362 g/mol. The monoisotopic (exact) mass is 361 g/mol. The molecule has 0 aliphatic carbocycles.